The molecular weight excluding hydrogens is 494 g/mol. The summed E-state index contributed by atoms with van der Waals surface area (Å²) in [6, 6.07) is 7.20. The molecule has 5 rings (SSSR count). The highest BCUT2D eigenvalue weighted by atomic mass is 19.4. The molecular formula is C23H18B2F4N4O4. The minimum Gasteiger partial charge on any atom is -0.473 e. The van der Waals surface area contributed by atoms with Crippen molar-refractivity contribution in [1.29, 1.82) is 0 Å². The lowest BCUT2D eigenvalue weighted by molar-refractivity contribution is -0.141. The number of rotatable bonds is 5. The molecule has 4 radical (unpaired) electrons. The molecule has 188 valence electrons. The lowest BCUT2D eigenvalue weighted by Crippen LogP contribution is -2.65. The first-order chi connectivity index (χ1) is 17.4. The first-order valence-corrected chi connectivity index (χ1v) is 11.1. The third-order valence-electron chi connectivity index (χ3n) is 6.46. The zero-order valence-electron chi connectivity index (χ0n) is 19.5. The van der Waals surface area contributed by atoms with Crippen molar-refractivity contribution in [3.05, 3.63) is 70.2 Å². The van der Waals surface area contributed by atoms with Gasteiger partial charge in [-0.1, -0.05) is 6.07 Å². The number of halogens is 4. The largest absolute Gasteiger partial charge is 0.473 e. The van der Waals surface area contributed by atoms with Crippen LogP contribution in [-0.4, -0.2) is 55.5 Å². The number of anilines is 1. The average Bonchev–Trinajstić information content (AvgIpc) is 3.01. The summed E-state index contributed by atoms with van der Waals surface area (Å²) in [7, 11) is 12.7. The Kier molecular flexibility index (Phi) is 5.97. The number of alkyl halides is 3. The van der Waals surface area contributed by atoms with Gasteiger partial charge >= 0.3 is 11.9 Å². The number of hydrogen-bond donors (Lipinski definition) is 0. The quantitative estimate of drug-likeness (QED) is 0.385. The maximum absolute atomic E-state index is 14.6. The van der Waals surface area contributed by atoms with Crippen molar-refractivity contribution in [1.82, 2.24) is 14.5 Å². The van der Waals surface area contributed by atoms with E-state index in [0.717, 1.165) is 12.3 Å². The molecule has 0 amide bonds. The van der Waals surface area contributed by atoms with Gasteiger partial charge in [0.1, 0.15) is 23.9 Å². The first kappa shape index (κ1) is 25.1. The molecule has 8 nitrogen and oxygen atoms in total. The SMILES string of the molecule is [B]C1([B])n2c(cc(OCc3ccc(Oc4ccnc(C(F)(F)F)c4)c(F)c3)nc2=O)N2CCOC[C@]21C. The van der Waals surface area contributed by atoms with E-state index in [9.17, 15) is 22.4 Å². The number of pyridine rings is 1. The number of fused-ring (bicyclic) bond motifs is 3. The van der Waals surface area contributed by atoms with Gasteiger partial charge in [-0.2, -0.15) is 18.2 Å². The van der Waals surface area contributed by atoms with Crippen molar-refractivity contribution < 1.29 is 31.8 Å². The standard InChI is InChI=1S/C23H18B2F4N4O4/c1-21-12-35-7-6-32(21)19-10-18(31-20(34)33(19)23(21,24)25)36-11-13-2-3-16(15(26)8-13)37-14-4-5-30-17(9-14)22(27,28)29/h2-5,8-10H,6-7,11-12H2,1H3/t21-/m0/s1. The van der Waals surface area contributed by atoms with Crippen molar-refractivity contribution in [3.63, 3.8) is 0 Å². The molecule has 0 spiro atoms. The van der Waals surface area contributed by atoms with E-state index in [2.05, 4.69) is 9.97 Å². The molecule has 14 heteroatoms. The van der Waals surface area contributed by atoms with E-state index in [0.29, 0.717) is 30.6 Å². The molecule has 3 aromatic rings. The second-order valence-electron chi connectivity index (χ2n) is 8.90. The molecule has 37 heavy (non-hydrogen) atoms. The molecule has 2 aliphatic rings. The summed E-state index contributed by atoms with van der Waals surface area (Å²) in [5.41, 5.74) is -2.39. The molecule has 2 aliphatic heterocycles. The molecule has 1 saturated heterocycles. The minimum absolute atomic E-state index is 0.0139. The van der Waals surface area contributed by atoms with Crippen LogP contribution in [0.2, 0.25) is 0 Å². The summed E-state index contributed by atoms with van der Waals surface area (Å²) >= 11 is 0. The summed E-state index contributed by atoms with van der Waals surface area (Å²) in [5.74, 6) is -0.922. The van der Waals surface area contributed by atoms with Crippen LogP contribution in [0.15, 0.2) is 47.4 Å². The van der Waals surface area contributed by atoms with Gasteiger partial charge in [0.25, 0.3) is 0 Å². The molecule has 0 unspecified atom stereocenters. The Labute approximate surface area is 211 Å². The van der Waals surface area contributed by atoms with Gasteiger partial charge in [-0.15, -0.1) is 0 Å². The van der Waals surface area contributed by atoms with Gasteiger partial charge in [-0.05, 0) is 36.0 Å². The summed E-state index contributed by atoms with van der Waals surface area (Å²) in [4.78, 5) is 21.8. The first-order valence-electron chi connectivity index (χ1n) is 11.1. The van der Waals surface area contributed by atoms with Crippen LogP contribution in [0.3, 0.4) is 0 Å². The van der Waals surface area contributed by atoms with Gasteiger partial charge in [-0.3, -0.25) is 9.55 Å². The summed E-state index contributed by atoms with van der Waals surface area (Å²) in [6.45, 7) is 2.72. The monoisotopic (exact) mass is 512 g/mol. The van der Waals surface area contributed by atoms with Crippen LogP contribution in [0.5, 0.6) is 17.4 Å². The molecule has 0 aliphatic carbocycles. The molecule has 4 heterocycles. The van der Waals surface area contributed by atoms with E-state index in [1.165, 1.54) is 28.8 Å². The van der Waals surface area contributed by atoms with Crippen LogP contribution in [0.4, 0.5) is 23.4 Å². The predicted octanol–water partition coefficient (Wildman–Crippen LogP) is 2.72. The van der Waals surface area contributed by atoms with E-state index in [1.54, 1.807) is 6.92 Å². The molecule has 0 bridgehead atoms. The number of benzene rings is 1. The van der Waals surface area contributed by atoms with Crippen LogP contribution < -0.4 is 20.1 Å². The van der Waals surface area contributed by atoms with Crippen molar-refractivity contribution >= 4 is 21.5 Å². The Bertz CT molecular complexity index is 1420. The third-order valence-corrected chi connectivity index (χ3v) is 6.46. The van der Waals surface area contributed by atoms with Gasteiger partial charge in [0.2, 0.25) is 5.88 Å². The molecule has 2 aromatic heterocycles. The van der Waals surface area contributed by atoms with Crippen LogP contribution in [0, 0.1) is 5.82 Å². The molecule has 1 fully saturated rings. The third kappa shape index (κ3) is 4.32. The second-order valence-corrected chi connectivity index (χ2v) is 8.90. The highest BCUT2D eigenvalue weighted by Gasteiger charge is 2.55. The van der Waals surface area contributed by atoms with E-state index in [1.807, 2.05) is 4.90 Å². The average molecular weight is 512 g/mol. The van der Waals surface area contributed by atoms with Crippen LogP contribution in [0.1, 0.15) is 18.2 Å². The Morgan fingerprint density at radius 3 is 2.70 bits per heavy atom. The highest BCUT2D eigenvalue weighted by Crippen LogP contribution is 2.44. The zero-order chi connectivity index (χ0) is 26.6. The topological polar surface area (TPSA) is 78.7 Å². The van der Waals surface area contributed by atoms with Crippen molar-refractivity contribution in [2.45, 2.75) is 30.6 Å². The Morgan fingerprint density at radius 1 is 1.19 bits per heavy atom. The minimum atomic E-state index is -4.66. The number of hydrogen-bond acceptors (Lipinski definition) is 7. The van der Waals surface area contributed by atoms with Crippen LogP contribution in [-0.2, 0) is 22.9 Å². The number of ether oxygens (including phenoxy) is 3. The van der Waals surface area contributed by atoms with E-state index in [4.69, 9.17) is 29.9 Å². The number of morpholine rings is 1. The van der Waals surface area contributed by atoms with E-state index < -0.39 is 34.3 Å². The summed E-state index contributed by atoms with van der Waals surface area (Å²) < 4.78 is 70.8. The fraction of sp³-hybridized carbons (Fsp3) is 0.348. The maximum atomic E-state index is 14.6. The van der Waals surface area contributed by atoms with Gasteiger partial charge in [-0.25, -0.2) is 9.18 Å². The number of nitrogens with zero attached hydrogens (tertiary/aromatic N) is 4. The summed E-state index contributed by atoms with van der Waals surface area (Å²) in [5, 5.41) is -1.57. The predicted molar refractivity (Wildman–Crippen MR) is 125 cm³/mol. The molecule has 0 saturated carbocycles. The molecule has 1 atom stereocenters. The van der Waals surface area contributed by atoms with Crippen molar-refractivity contribution in [2.75, 3.05) is 24.7 Å². The maximum Gasteiger partial charge on any atom is 0.433 e. The van der Waals surface area contributed by atoms with Crippen molar-refractivity contribution in [2.24, 2.45) is 0 Å². The van der Waals surface area contributed by atoms with Gasteiger partial charge in [0, 0.05) is 24.9 Å². The van der Waals surface area contributed by atoms with Crippen LogP contribution >= 0.6 is 0 Å². The van der Waals surface area contributed by atoms with Gasteiger partial charge in [0.05, 0.1) is 34.4 Å². The van der Waals surface area contributed by atoms with E-state index in [-0.39, 0.29) is 30.6 Å². The fourth-order valence-electron chi connectivity index (χ4n) is 4.39. The summed E-state index contributed by atoms with van der Waals surface area (Å²) in [6.07, 6.45) is -3.74. The Morgan fingerprint density at radius 2 is 1.97 bits per heavy atom. The molecule has 0 N–H and O–H groups in total. The Hall–Kier alpha value is -3.54. The highest BCUT2D eigenvalue weighted by molar-refractivity contribution is 6.39. The zero-order valence-corrected chi connectivity index (χ0v) is 19.5. The number of aromatic nitrogens is 3. The lowest BCUT2D eigenvalue weighted by Gasteiger charge is -2.47. The van der Waals surface area contributed by atoms with Gasteiger partial charge < -0.3 is 19.1 Å². The lowest BCUT2D eigenvalue weighted by atomic mass is 9.52. The van der Waals surface area contributed by atoms with Gasteiger partial charge in [0.15, 0.2) is 11.6 Å². The normalized spacial score (nSPS) is 20.3. The second kappa shape index (κ2) is 8.79. The van der Waals surface area contributed by atoms with Crippen LogP contribution in [0.25, 0.3) is 0 Å². The Balaban J connectivity index is 1.33. The fourth-order valence-corrected chi connectivity index (χ4v) is 4.39. The van der Waals surface area contributed by atoms with E-state index >= 15 is 0 Å². The molecule has 1 aromatic carbocycles. The van der Waals surface area contributed by atoms with Crippen molar-refractivity contribution in [3.8, 4) is 17.4 Å². The smallest absolute Gasteiger partial charge is 0.433 e.